The Morgan fingerprint density at radius 2 is 1.88 bits per heavy atom. The summed E-state index contributed by atoms with van der Waals surface area (Å²) in [6, 6.07) is 7.78. The van der Waals surface area contributed by atoms with Gasteiger partial charge in [0, 0.05) is 12.6 Å². The minimum absolute atomic E-state index is 0.0403. The van der Waals surface area contributed by atoms with E-state index in [4.69, 9.17) is 11.6 Å². The van der Waals surface area contributed by atoms with Crippen molar-refractivity contribution in [2.24, 2.45) is 0 Å². The Bertz CT molecular complexity index is 854. The van der Waals surface area contributed by atoms with Gasteiger partial charge in [0.1, 0.15) is 11.6 Å². The molecule has 7 heteroatoms. The quantitative estimate of drug-likeness (QED) is 0.816. The van der Waals surface area contributed by atoms with Gasteiger partial charge in [-0.05, 0) is 60.4 Å². The van der Waals surface area contributed by atoms with E-state index in [9.17, 15) is 17.2 Å². The summed E-state index contributed by atoms with van der Waals surface area (Å²) in [7, 11) is -3.48. The summed E-state index contributed by atoms with van der Waals surface area (Å²) in [6.07, 6.45) is 1.50. The number of halogens is 3. The van der Waals surface area contributed by atoms with Crippen molar-refractivity contribution in [3.63, 3.8) is 0 Å². The van der Waals surface area contributed by atoms with Crippen molar-refractivity contribution in [2.75, 3.05) is 12.3 Å². The lowest BCUT2D eigenvalue weighted by molar-refractivity contribution is 0.541. The van der Waals surface area contributed by atoms with Gasteiger partial charge < -0.3 is 5.32 Å². The molecule has 2 aromatic rings. The third-order valence-corrected chi connectivity index (χ3v) is 6.22. The second-order valence-electron chi connectivity index (χ2n) is 5.78. The van der Waals surface area contributed by atoms with Crippen molar-refractivity contribution in [1.82, 2.24) is 5.32 Å². The van der Waals surface area contributed by atoms with Crippen LogP contribution in [0.4, 0.5) is 8.78 Å². The first-order chi connectivity index (χ1) is 11.4. The van der Waals surface area contributed by atoms with E-state index in [2.05, 4.69) is 5.32 Å². The summed E-state index contributed by atoms with van der Waals surface area (Å²) < 4.78 is 50.8. The maximum absolute atomic E-state index is 13.5. The van der Waals surface area contributed by atoms with Crippen molar-refractivity contribution in [3.05, 3.63) is 64.2 Å². The largest absolute Gasteiger partial charge is 0.309 e. The van der Waals surface area contributed by atoms with E-state index in [1.165, 1.54) is 18.2 Å². The summed E-state index contributed by atoms with van der Waals surface area (Å²) in [5, 5.41) is 3.26. The molecule has 1 aliphatic carbocycles. The molecule has 0 radical (unpaired) electrons. The highest BCUT2D eigenvalue weighted by atomic mass is 35.5. The standard InChI is InChI=1S/C17H16ClF2NO2S/c18-15-10-14-11(9-16(15)20)1-6-17(14)21-7-8-24(22,23)13-4-2-12(19)3-5-13/h2-5,9-10,17,21H,1,6-8H2. The van der Waals surface area contributed by atoms with E-state index < -0.39 is 21.5 Å². The smallest absolute Gasteiger partial charge is 0.179 e. The second kappa shape index (κ2) is 6.78. The van der Waals surface area contributed by atoms with Crippen LogP contribution in [0.15, 0.2) is 41.3 Å². The Labute approximate surface area is 144 Å². The molecule has 1 unspecified atom stereocenters. The molecule has 2 aromatic carbocycles. The second-order valence-corrected chi connectivity index (χ2v) is 8.30. The molecule has 128 valence electrons. The number of hydrogen-bond acceptors (Lipinski definition) is 3. The van der Waals surface area contributed by atoms with Gasteiger partial charge in [0.15, 0.2) is 9.84 Å². The van der Waals surface area contributed by atoms with E-state index in [1.54, 1.807) is 6.07 Å². The normalized spacial score (nSPS) is 17.0. The van der Waals surface area contributed by atoms with Crippen LogP contribution in [0.2, 0.25) is 5.02 Å². The van der Waals surface area contributed by atoms with Crippen LogP contribution in [-0.2, 0) is 16.3 Å². The van der Waals surface area contributed by atoms with Gasteiger partial charge in [-0.15, -0.1) is 0 Å². The van der Waals surface area contributed by atoms with Crippen LogP contribution in [0.3, 0.4) is 0 Å². The van der Waals surface area contributed by atoms with Gasteiger partial charge in [-0.3, -0.25) is 0 Å². The van der Waals surface area contributed by atoms with Crippen LogP contribution < -0.4 is 5.32 Å². The average molecular weight is 372 g/mol. The highest BCUT2D eigenvalue weighted by Crippen LogP contribution is 2.34. The molecule has 0 spiro atoms. The van der Waals surface area contributed by atoms with E-state index in [-0.39, 0.29) is 28.3 Å². The topological polar surface area (TPSA) is 46.2 Å². The maximum Gasteiger partial charge on any atom is 0.179 e. The zero-order valence-corrected chi connectivity index (χ0v) is 14.3. The Balaban J connectivity index is 1.64. The van der Waals surface area contributed by atoms with Crippen molar-refractivity contribution in [3.8, 4) is 0 Å². The Kier molecular flexibility index (Phi) is 4.90. The number of aryl methyl sites for hydroxylation is 1. The molecule has 3 nitrogen and oxygen atoms in total. The molecule has 0 fully saturated rings. The molecule has 1 atom stereocenters. The van der Waals surface area contributed by atoms with E-state index in [0.717, 1.165) is 36.1 Å². The van der Waals surface area contributed by atoms with Crippen LogP contribution >= 0.6 is 11.6 Å². The minimum Gasteiger partial charge on any atom is -0.309 e. The predicted octanol–water partition coefficient (Wildman–Crippen LogP) is 3.67. The lowest BCUT2D eigenvalue weighted by atomic mass is 10.1. The number of benzene rings is 2. The lowest BCUT2D eigenvalue weighted by Crippen LogP contribution is -2.26. The molecule has 24 heavy (non-hydrogen) atoms. The van der Waals surface area contributed by atoms with Gasteiger partial charge in [0.25, 0.3) is 0 Å². The van der Waals surface area contributed by atoms with Gasteiger partial charge in [0.05, 0.1) is 15.7 Å². The first kappa shape index (κ1) is 17.3. The molecule has 0 bridgehead atoms. The molecule has 0 amide bonds. The third kappa shape index (κ3) is 3.61. The number of nitrogens with one attached hydrogen (secondary N) is 1. The van der Waals surface area contributed by atoms with Gasteiger partial charge in [-0.2, -0.15) is 0 Å². The highest BCUT2D eigenvalue weighted by molar-refractivity contribution is 7.91. The molecule has 0 heterocycles. The molecule has 0 aliphatic heterocycles. The summed E-state index contributed by atoms with van der Waals surface area (Å²) >= 11 is 5.83. The molecule has 1 aliphatic rings. The SMILES string of the molecule is O=S(=O)(CCNC1CCc2cc(F)c(Cl)cc21)c1ccc(F)cc1. The Morgan fingerprint density at radius 3 is 2.58 bits per heavy atom. The van der Waals surface area contributed by atoms with Crippen molar-refractivity contribution >= 4 is 21.4 Å². The molecule has 3 rings (SSSR count). The zero-order chi connectivity index (χ0) is 17.3. The van der Waals surface area contributed by atoms with Gasteiger partial charge >= 0.3 is 0 Å². The number of fused-ring (bicyclic) bond motifs is 1. The van der Waals surface area contributed by atoms with Gasteiger partial charge in [-0.25, -0.2) is 17.2 Å². The Hall–Kier alpha value is -1.50. The molecule has 0 saturated carbocycles. The lowest BCUT2D eigenvalue weighted by Gasteiger charge is -2.14. The molecule has 1 N–H and O–H groups in total. The highest BCUT2D eigenvalue weighted by Gasteiger charge is 2.24. The summed E-state index contributed by atoms with van der Waals surface area (Å²) in [5.74, 6) is -1.01. The van der Waals surface area contributed by atoms with Crippen molar-refractivity contribution < 1.29 is 17.2 Å². The summed E-state index contributed by atoms with van der Waals surface area (Å²) in [6.45, 7) is 0.249. The van der Waals surface area contributed by atoms with Crippen LogP contribution in [0.1, 0.15) is 23.6 Å². The maximum atomic E-state index is 13.5. The fourth-order valence-corrected chi connectivity index (χ4v) is 4.28. The monoisotopic (exact) mass is 371 g/mol. The third-order valence-electron chi connectivity index (χ3n) is 4.19. The van der Waals surface area contributed by atoms with Crippen LogP contribution in [0.25, 0.3) is 0 Å². The van der Waals surface area contributed by atoms with Crippen LogP contribution in [0.5, 0.6) is 0 Å². The molecule has 0 saturated heterocycles. The van der Waals surface area contributed by atoms with Crippen LogP contribution in [0, 0.1) is 11.6 Å². The molecular weight excluding hydrogens is 356 g/mol. The van der Waals surface area contributed by atoms with Crippen molar-refractivity contribution in [2.45, 2.75) is 23.8 Å². The molecular formula is C17H16ClF2NO2S. The Morgan fingerprint density at radius 1 is 1.17 bits per heavy atom. The van der Waals surface area contributed by atoms with Crippen molar-refractivity contribution in [1.29, 1.82) is 0 Å². The molecule has 0 aromatic heterocycles. The van der Waals surface area contributed by atoms with Gasteiger partial charge in [-0.1, -0.05) is 11.6 Å². The zero-order valence-electron chi connectivity index (χ0n) is 12.7. The number of hydrogen-bond donors (Lipinski definition) is 1. The van der Waals surface area contributed by atoms with Crippen LogP contribution in [-0.4, -0.2) is 20.7 Å². The summed E-state index contributed by atoms with van der Waals surface area (Å²) in [4.78, 5) is 0.0997. The predicted molar refractivity (Wildman–Crippen MR) is 88.9 cm³/mol. The van der Waals surface area contributed by atoms with Gasteiger partial charge in [0.2, 0.25) is 0 Å². The fraction of sp³-hybridized carbons (Fsp3) is 0.294. The minimum atomic E-state index is -3.48. The van der Waals surface area contributed by atoms with E-state index in [1.807, 2.05) is 0 Å². The summed E-state index contributed by atoms with van der Waals surface area (Å²) in [5.41, 5.74) is 1.82. The first-order valence-corrected chi connectivity index (χ1v) is 9.59. The number of rotatable bonds is 5. The first-order valence-electron chi connectivity index (χ1n) is 7.56. The number of sulfone groups is 1. The van der Waals surface area contributed by atoms with E-state index >= 15 is 0 Å². The van der Waals surface area contributed by atoms with E-state index in [0.29, 0.717) is 0 Å². The average Bonchev–Trinajstić information content (AvgIpc) is 2.90. The fourth-order valence-electron chi connectivity index (χ4n) is 2.94.